The summed E-state index contributed by atoms with van der Waals surface area (Å²) in [6.07, 6.45) is 4.74. The Kier molecular flexibility index (Phi) is 4.26. The Bertz CT molecular complexity index is 639. The van der Waals surface area contributed by atoms with Crippen molar-refractivity contribution < 1.29 is 13.5 Å². The second-order valence-corrected chi connectivity index (χ2v) is 6.20. The first-order valence-electron chi connectivity index (χ1n) is 6.29. The molecule has 0 saturated heterocycles. The van der Waals surface area contributed by atoms with Crippen molar-refractivity contribution in [3.05, 3.63) is 35.9 Å². The maximum absolute atomic E-state index is 12.3. The molecule has 110 valence electrons. The second kappa shape index (κ2) is 5.78. The Morgan fingerprint density at radius 1 is 1.55 bits per heavy atom. The molecular formula is C12H18N4O3S. The molecule has 2 rings (SSSR count). The number of nitrogens with zero attached hydrogens (tertiary/aromatic N) is 2. The number of sulfonamides is 1. The number of aryl methyl sites for hydroxylation is 1. The highest BCUT2D eigenvalue weighted by Gasteiger charge is 2.21. The van der Waals surface area contributed by atoms with E-state index in [1.807, 2.05) is 6.92 Å². The van der Waals surface area contributed by atoms with Crippen LogP contribution in [0.25, 0.3) is 0 Å². The standard InChI is InChI=1S/C12H18N4O3S/c1-3-16-7-12(4-11(16)8-17)20(18,19)15-9(2)10-5-13-14-6-10/h4-7,9,15,17H,3,8H2,1-2H3,(H,13,14). The van der Waals surface area contributed by atoms with Crippen molar-refractivity contribution in [1.29, 1.82) is 0 Å². The average Bonchev–Trinajstić information content (AvgIpc) is 3.07. The minimum absolute atomic E-state index is 0.152. The van der Waals surface area contributed by atoms with E-state index < -0.39 is 10.0 Å². The number of H-pyrrole nitrogens is 1. The van der Waals surface area contributed by atoms with Gasteiger partial charge in [0.15, 0.2) is 0 Å². The first-order chi connectivity index (χ1) is 9.47. The van der Waals surface area contributed by atoms with E-state index >= 15 is 0 Å². The van der Waals surface area contributed by atoms with Gasteiger partial charge in [-0.05, 0) is 19.9 Å². The molecule has 0 aliphatic rings. The first-order valence-corrected chi connectivity index (χ1v) is 7.77. The van der Waals surface area contributed by atoms with Crippen LogP contribution in [-0.4, -0.2) is 28.3 Å². The molecule has 20 heavy (non-hydrogen) atoms. The second-order valence-electron chi connectivity index (χ2n) is 4.49. The molecule has 0 bridgehead atoms. The maximum atomic E-state index is 12.3. The Morgan fingerprint density at radius 2 is 2.30 bits per heavy atom. The molecule has 0 aliphatic heterocycles. The molecule has 2 heterocycles. The SMILES string of the molecule is CCn1cc(S(=O)(=O)NC(C)c2cn[nH]c2)cc1CO. The Balaban J connectivity index is 2.24. The number of aliphatic hydroxyl groups excluding tert-OH is 1. The summed E-state index contributed by atoms with van der Waals surface area (Å²) in [7, 11) is -3.63. The van der Waals surface area contributed by atoms with E-state index in [1.54, 1.807) is 23.9 Å². The molecule has 0 spiro atoms. The summed E-state index contributed by atoms with van der Waals surface area (Å²) >= 11 is 0. The molecule has 2 aromatic heterocycles. The summed E-state index contributed by atoms with van der Waals surface area (Å²) in [5.74, 6) is 0. The monoisotopic (exact) mass is 298 g/mol. The fourth-order valence-corrected chi connectivity index (χ4v) is 3.26. The zero-order chi connectivity index (χ0) is 14.8. The molecule has 0 amide bonds. The predicted molar refractivity (Wildman–Crippen MR) is 73.4 cm³/mol. The molecule has 8 heteroatoms. The van der Waals surface area contributed by atoms with Gasteiger partial charge >= 0.3 is 0 Å². The van der Waals surface area contributed by atoms with Crippen LogP contribution in [0.3, 0.4) is 0 Å². The minimum atomic E-state index is -3.63. The van der Waals surface area contributed by atoms with Crippen LogP contribution in [0.1, 0.15) is 31.1 Å². The third kappa shape index (κ3) is 2.92. The quantitative estimate of drug-likeness (QED) is 0.733. The number of nitrogens with one attached hydrogen (secondary N) is 2. The summed E-state index contributed by atoms with van der Waals surface area (Å²) in [6.45, 7) is 4.03. The lowest BCUT2D eigenvalue weighted by Gasteiger charge is -2.11. The molecule has 0 aromatic carbocycles. The minimum Gasteiger partial charge on any atom is -0.390 e. The molecule has 1 unspecified atom stereocenters. The highest BCUT2D eigenvalue weighted by Crippen LogP contribution is 2.18. The number of aromatic nitrogens is 3. The summed E-state index contributed by atoms with van der Waals surface area (Å²) in [5, 5.41) is 15.7. The van der Waals surface area contributed by atoms with E-state index in [4.69, 9.17) is 0 Å². The third-order valence-corrected chi connectivity index (χ3v) is 4.63. The van der Waals surface area contributed by atoms with Gasteiger partial charge in [0.2, 0.25) is 10.0 Å². The van der Waals surface area contributed by atoms with Gasteiger partial charge in [-0.25, -0.2) is 13.1 Å². The topological polar surface area (TPSA) is 100 Å². The average molecular weight is 298 g/mol. The van der Waals surface area contributed by atoms with Gasteiger partial charge in [0.25, 0.3) is 0 Å². The van der Waals surface area contributed by atoms with Gasteiger partial charge in [0.1, 0.15) is 0 Å². The van der Waals surface area contributed by atoms with E-state index in [0.717, 1.165) is 5.56 Å². The Labute approximate surface area is 117 Å². The van der Waals surface area contributed by atoms with Gasteiger partial charge in [0, 0.05) is 36.2 Å². The maximum Gasteiger partial charge on any atom is 0.242 e. The van der Waals surface area contributed by atoms with E-state index in [2.05, 4.69) is 14.9 Å². The van der Waals surface area contributed by atoms with Crippen LogP contribution in [0.15, 0.2) is 29.6 Å². The first kappa shape index (κ1) is 14.8. The van der Waals surface area contributed by atoms with Crippen LogP contribution < -0.4 is 4.72 Å². The number of hydrogen-bond donors (Lipinski definition) is 3. The molecule has 1 atom stereocenters. The number of rotatable bonds is 6. The third-order valence-electron chi connectivity index (χ3n) is 3.13. The molecule has 0 aliphatic carbocycles. The predicted octanol–water partition coefficient (Wildman–Crippen LogP) is 0.763. The number of hydrogen-bond acceptors (Lipinski definition) is 4. The zero-order valence-electron chi connectivity index (χ0n) is 11.4. The fourth-order valence-electron chi connectivity index (χ4n) is 1.97. The fraction of sp³-hybridized carbons (Fsp3) is 0.417. The van der Waals surface area contributed by atoms with E-state index in [1.165, 1.54) is 12.3 Å². The largest absolute Gasteiger partial charge is 0.390 e. The number of aliphatic hydroxyl groups is 1. The van der Waals surface area contributed by atoms with Crippen molar-refractivity contribution in [3.8, 4) is 0 Å². The lowest BCUT2D eigenvalue weighted by Crippen LogP contribution is -2.26. The van der Waals surface area contributed by atoms with E-state index in [-0.39, 0.29) is 17.5 Å². The van der Waals surface area contributed by atoms with Crippen molar-refractivity contribution >= 4 is 10.0 Å². The smallest absolute Gasteiger partial charge is 0.242 e. The van der Waals surface area contributed by atoms with Crippen molar-refractivity contribution in [2.24, 2.45) is 0 Å². The highest BCUT2D eigenvalue weighted by molar-refractivity contribution is 7.89. The lowest BCUT2D eigenvalue weighted by molar-refractivity contribution is 0.271. The van der Waals surface area contributed by atoms with Gasteiger partial charge < -0.3 is 9.67 Å². The summed E-state index contributed by atoms with van der Waals surface area (Å²) in [6, 6.07) is 1.09. The van der Waals surface area contributed by atoms with Gasteiger partial charge in [-0.2, -0.15) is 5.10 Å². The summed E-state index contributed by atoms with van der Waals surface area (Å²) in [4.78, 5) is 0.152. The van der Waals surface area contributed by atoms with Crippen molar-refractivity contribution in [2.75, 3.05) is 0 Å². The van der Waals surface area contributed by atoms with Crippen LogP contribution in [0.5, 0.6) is 0 Å². The molecule has 0 saturated carbocycles. The van der Waals surface area contributed by atoms with Crippen LogP contribution in [0.4, 0.5) is 0 Å². The molecule has 0 radical (unpaired) electrons. The van der Waals surface area contributed by atoms with Gasteiger partial charge in [-0.1, -0.05) is 0 Å². The molecule has 7 nitrogen and oxygen atoms in total. The normalized spacial score (nSPS) is 13.6. The molecule has 0 fully saturated rings. The Hall–Kier alpha value is -1.64. The van der Waals surface area contributed by atoms with Crippen molar-refractivity contribution in [3.63, 3.8) is 0 Å². The summed E-state index contributed by atoms with van der Waals surface area (Å²) < 4.78 is 28.9. The van der Waals surface area contributed by atoms with Crippen LogP contribution >= 0.6 is 0 Å². The highest BCUT2D eigenvalue weighted by atomic mass is 32.2. The molecular weight excluding hydrogens is 280 g/mol. The Morgan fingerprint density at radius 3 is 2.80 bits per heavy atom. The molecule has 3 N–H and O–H groups in total. The van der Waals surface area contributed by atoms with Crippen LogP contribution in [0.2, 0.25) is 0 Å². The number of aromatic amines is 1. The van der Waals surface area contributed by atoms with Crippen LogP contribution in [-0.2, 0) is 23.2 Å². The lowest BCUT2D eigenvalue weighted by atomic mass is 10.2. The van der Waals surface area contributed by atoms with Crippen molar-refractivity contribution in [2.45, 2.75) is 37.9 Å². The molecule has 2 aromatic rings. The van der Waals surface area contributed by atoms with E-state index in [0.29, 0.717) is 12.2 Å². The van der Waals surface area contributed by atoms with Crippen molar-refractivity contribution in [1.82, 2.24) is 19.5 Å². The van der Waals surface area contributed by atoms with Gasteiger partial charge in [-0.3, -0.25) is 5.10 Å². The van der Waals surface area contributed by atoms with E-state index in [9.17, 15) is 13.5 Å². The van der Waals surface area contributed by atoms with Gasteiger partial charge in [-0.15, -0.1) is 0 Å². The van der Waals surface area contributed by atoms with Crippen LogP contribution in [0, 0.1) is 0 Å². The summed E-state index contributed by atoms with van der Waals surface area (Å²) in [5.41, 5.74) is 1.33. The van der Waals surface area contributed by atoms with Gasteiger partial charge in [0.05, 0.1) is 17.7 Å². The zero-order valence-corrected chi connectivity index (χ0v) is 12.2.